The third-order valence-corrected chi connectivity index (χ3v) is 7.81. The lowest BCUT2D eigenvalue weighted by Gasteiger charge is -2.43. The molecule has 7 N–H and O–H groups in total. The van der Waals surface area contributed by atoms with Crippen LogP contribution < -0.4 is 16.8 Å². The van der Waals surface area contributed by atoms with Crippen LogP contribution in [0.1, 0.15) is 37.1 Å². The van der Waals surface area contributed by atoms with Crippen molar-refractivity contribution in [3.05, 3.63) is 23.0 Å². The number of rotatable bonds is 15. The van der Waals surface area contributed by atoms with Crippen molar-refractivity contribution in [2.45, 2.75) is 50.4 Å². The zero-order valence-electron chi connectivity index (χ0n) is 20.5. The number of carbonyl (C=O) groups is 3. The van der Waals surface area contributed by atoms with Gasteiger partial charge in [0.1, 0.15) is 5.69 Å². The molecular formula is C20H27N9O8S2. The summed E-state index contributed by atoms with van der Waals surface area (Å²) in [5.41, 5.74) is 9.76. The highest BCUT2D eigenvalue weighted by Crippen LogP contribution is 2.40. The van der Waals surface area contributed by atoms with E-state index in [1.807, 2.05) is 0 Å². The van der Waals surface area contributed by atoms with Crippen LogP contribution in [0.25, 0.3) is 0 Å². The van der Waals surface area contributed by atoms with E-state index >= 15 is 0 Å². The SMILES string of the molecule is NCCCNCc1cnn(C[C@@H]2[C@H](CC(=O)/C(=N\OC3(C(=O)O)CC3)c3csc(N)n3)C(=O)N2S(=O)(=O)O)n1. The normalized spacial score (nSPS) is 20.5. The van der Waals surface area contributed by atoms with Crippen molar-refractivity contribution < 1.29 is 37.3 Å². The maximum Gasteiger partial charge on any atom is 0.362 e. The standard InChI is InChI=1S/C20H27N9O8S2/c21-4-1-5-23-7-11-8-24-28(26-11)9-14-12(17(31)29(14)39(34,35)36)6-15(30)16(13-10-38-19(22)25-13)27-37-20(2-3-20)18(32)33/h8,10,12,14,23H,1-7,9,21H2,(H2,22,25)(H,32,33)(H,34,35,36)/b27-16-/t12-,14+/m0/s1. The summed E-state index contributed by atoms with van der Waals surface area (Å²) < 4.78 is 33.7. The van der Waals surface area contributed by atoms with Gasteiger partial charge in [-0.1, -0.05) is 5.16 Å². The number of thiazole rings is 1. The first-order chi connectivity index (χ1) is 18.4. The van der Waals surface area contributed by atoms with Gasteiger partial charge in [0.2, 0.25) is 11.5 Å². The number of nitrogen functional groups attached to an aromatic ring is 1. The second kappa shape index (κ2) is 11.3. The molecule has 19 heteroatoms. The van der Waals surface area contributed by atoms with Gasteiger partial charge in [-0.25, -0.2) is 14.1 Å². The number of nitrogens with two attached hydrogens (primary N) is 2. The van der Waals surface area contributed by atoms with Gasteiger partial charge in [-0.15, -0.1) is 11.3 Å². The molecule has 1 saturated carbocycles. The van der Waals surface area contributed by atoms with Gasteiger partial charge >= 0.3 is 16.3 Å². The van der Waals surface area contributed by atoms with Gasteiger partial charge < -0.3 is 26.7 Å². The number of ketones is 1. The topological polar surface area (TPSA) is 258 Å². The largest absolute Gasteiger partial charge is 0.478 e. The lowest BCUT2D eigenvalue weighted by atomic mass is 9.84. The van der Waals surface area contributed by atoms with E-state index in [1.54, 1.807) is 0 Å². The second-order valence-electron chi connectivity index (χ2n) is 9.02. The number of hydrogen-bond acceptors (Lipinski definition) is 14. The summed E-state index contributed by atoms with van der Waals surface area (Å²) >= 11 is 1.00. The molecule has 2 atom stereocenters. The Morgan fingerprint density at radius 2 is 2.10 bits per heavy atom. The Morgan fingerprint density at radius 3 is 2.69 bits per heavy atom. The second-order valence-corrected chi connectivity index (χ2v) is 11.2. The number of carboxylic acids is 1. The molecule has 17 nitrogen and oxygen atoms in total. The zero-order valence-corrected chi connectivity index (χ0v) is 22.1. The third-order valence-electron chi connectivity index (χ3n) is 6.19. The summed E-state index contributed by atoms with van der Waals surface area (Å²) in [6.45, 7) is 1.33. The fraction of sp³-hybridized carbons (Fsp3) is 0.550. The predicted molar refractivity (Wildman–Crippen MR) is 134 cm³/mol. The molecule has 39 heavy (non-hydrogen) atoms. The first kappa shape index (κ1) is 28.5. The minimum atomic E-state index is -4.93. The van der Waals surface area contributed by atoms with Gasteiger partial charge in [-0.3, -0.25) is 14.1 Å². The summed E-state index contributed by atoms with van der Waals surface area (Å²) in [6, 6.07) is -1.18. The van der Waals surface area contributed by atoms with E-state index in [2.05, 4.69) is 25.7 Å². The Labute approximate surface area is 226 Å². The summed E-state index contributed by atoms with van der Waals surface area (Å²) in [4.78, 5) is 47.8. The van der Waals surface area contributed by atoms with Crippen molar-refractivity contribution in [1.82, 2.24) is 29.6 Å². The van der Waals surface area contributed by atoms with Crippen LogP contribution in [-0.2, 0) is 42.6 Å². The Balaban J connectivity index is 1.51. The average Bonchev–Trinajstić information content (AvgIpc) is 3.33. The van der Waals surface area contributed by atoms with E-state index in [9.17, 15) is 32.5 Å². The lowest BCUT2D eigenvalue weighted by Crippen LogP contribution is -2.64. The predicted octanol–water partition coefficient (Wildman–Crippen LogP) is -1.62. The van der Waals surface area contributed by atoms with Crippen molar-refractivity contribution in [2.24, 2.45) is 16.8 Å². The average molecular weight is 586 g/mol. The van der Waals surface area contributed by atoms with Crippen molar-refractivity contribution in [3.8, 4) is 0 Å². The number of aliphatic carboxylic acids is 1. The smallest absolute Gasteiger partial charge is 0.362 e. The van der Waals surface area contributed by atoms with E-state index in [4.69, 9.17) is 16.3 Å². The molecule has 1 aliphatic heterocycles. The number of Topliss-reactive ketones (excluding diaryl/α,β-unsaturated/α-hetero) is 1. The molecule has 0 aromatic carbocycles. The Hall–Kier alpha value is -3.52. The number of amides is 1. The molecule has 4 rings (SSSR count). The Kier molecular flexibility index (Phi) is 8.25. The molecule has 212 valence electrons. The van der Waals surface area contributed by atoms with Gasteiger partial charge in [0.05, 0.1) is 30.4 Å². The zero-order chi connectivity index (χ0) is 28.4. The van der Waals surface area contributed by atoms with Gasteiger partial charge in [-0.05, 0) is 19.5 Å². The molecule has 2 fully saturated rings. The number of oxime groups is 1. The van der Waals surface area contributed by atoms with E-state index in [-0.39, 0.29) is 40.2 Å². The fourth-order valence-electron chi connectivity index (χ4n) is 3.92. The van der Waals surface area contributed by atoms with Crippen LogP contribution >= 0.6 is 11.3 Å². The number of hydrogen-bond donors (Lipinski definition) is 5. The first-order valence-electron chi connectivity index (χ1n) is 11.8. The maximum atomic E-state index is 13.3. The summed E-state index contributed by atoms with van der Waals surface area (Å²) in [5, 5.41) is 26.1. The highest BCUT2D eigenvalue weighted by atomic mass is 32.2. The molecule has 3 heterocycles. The molecule has 1 saturated heterocycles. The molecule has 2 aliphatic rings. The van der Waals surface area contributed by atoms with Gasteiger partial charge in [0, 0.05) is 31.2 Å². The number of carbonyl (C=O) groups excluding carboxylic acids is 2. The first-order valence-corrected chi connectivity index (χ1v) is 14.1. The van der Waals surface area contributed by atoms with Crippen LogP contribution in [0.3, 0.4) is 0 Å². The van der Waals surface area contributed by atoms with E-state index < -0.39 is 51.9 Å². The van der Waals surface area contributed by atoms with Crippen molar-refractivity contribution in [2.75, 3.05) is 18.8 Å². The summed E-state index contributed by atoms with van der Waals surface area (Å²) in [7, 11) is -4.93. The lowest BCUT2D eigenvalue weighted by molar-refractivity contribution is -0.153. The molecule has 0 unspecified atom stereocenters. The quantitative estimate of drug-likeness (QED) is 0.0517. The highest BCUT2D eigenvalue weighted by Gasteiger charge is 2.56. The molecule has 0 bridgehead atoms. The number of anilines is 1. The van der Waals surface area contributed by atoms with Crippen molar-refractivity contribution in [1.29, 1.82) is 0 Å². The molecule has 1 aliphatic carbocycles. The number of nitrogens with zero attached hydrogens (tertiary/aromatic N) is 6. The molecular weight excluding hydrogens is 558 g/mol. The van der Waals surface area contributed by atoms with Gasteiger partial charge in [-0.2, -0.15) is 23.4 Å². The minimum absolute atomic E-state index is 0.0131. The van der Waals surface area contributed by atoms with Crippen molar-refractivity contribution in [3.63, 3.8) is 0 Å². The van der Waals surface area contributed by atoms with Crippen molar-refractivity contribution >= 4 is 50.1 Å². The minimum Gasteiger partial charge on any atom is -0.478 e. The summed E-state index contributed by atoms with van der Waals surface area (Å²) in [6.07, 6.45) is 2.07. The summed E-state index contributed by atoms with van der Waals surface area (Å²) in [5.74, 6) is -4.20. The number of nitrogens with one attached hydrogen (secondary N) is 1. The molecule has 0 spiro atoms. The van der Waals surface area contributed by atoms with Crippen LogP contribution in [0.2, 0.25) is 0 Å². The third kappa shape index (κ3) is 6.38. The van der Waals surface area contributed by atoms with Crippen LogP contribution in [0.15, 0.2) is 16.7 Å². The fourth-order valence-corrected chi connectivity index (χ4v) is 5.39. The number of aromatic nitrogens is 4. The molecule has 2 aromatic rings. The van der Waals surface area contributed by atoms with Crippen LogP contribution in [0, 0.1) is 5.92 Å². The van der Waals surface area contributed by atoms with E-state index in [0.29, 0.717) is 25.3 Å². The maximum absolute atomic E-state index is 13.3. The number of carboxylic acid groups (broad SMARTS) is 1. The Morgan fingerprint density at radius 1 is 1.36 bits per heavy atom. The van der Waals surface area contributed by atoms with Gasteiger partial charge in [0.15, 0.2) is 16.6 Å². The van der Waals surface area contributed by atoms with E-state index in [0.717, 1.165) is 22.6 Å². The highest BCUT2D eigenvalue weighted by molar-refractivity contribution is 7.84. The van der Waals surface area contributed by atoms with Crippen LogP contribution in [0.5, 0.6) is 0 Å². The van der Waals surface area contributed by atoms with Crippen LogP contribution in [0.4, 0.5) is 5.13 Å². The molecule has 0 radical (unpaired) electrons. The van der Waals surface area contributed by atoms with Gasteiger partial charge in [0.25, 0.3) is 0 Å². The Bertz CT molecular complexity index is 1380. The monoisotopic (exact) mass is 585 g/mol. The molecule has 2 aromatic heterocycles. The van der Waals surface area contributed by atoms with E-state index in [1.165, 1.54) is 11.6 Å². The number of β-lactam (4-membered cyclic amide) rings is 1. The van der Waals surface area contributed by atoms with Crippen LogP contribution in [-0.4, -0.2) is 90.5 Å². The molecule has 1 amide bonds.